The lowest BCUT2D eigenvalue weighted by Gasteiger charge is -2.44. The molecule has 0 aromatic carbocycles. The number of carbonyl (C=O) groups is 1. The normalized spacial score (nSPS) is 30.7. The van der Waals surface area contributed by atoms with Crippen LogP contribution in [0.2, 0.25) is 0 Å². The van der Waals surface area contributed by atoms with E-state index in [-0.39, 0.29) is 16.6 Å². The molecular weight excluding hydrogens is 224 g/mol. The molecule has 2 nitrogen and oxygen atoms in total. The Kier molecular flexibility index (Phi) is 3.27. The summed E-state index contributed by atoms with van der Waals surface area (Å²) in [7, 11) is 0. The lowest BCUT2D eigenvalue weighted by molar-refractivity contribution is -0.133. The second kappa shape index (κ2) is 3.85. The molecule has 0 N–H and O–H groups in total. The fourth-order valence-electron chi connectivity index (χ4n) is 2.68. The molecular formula is C16H28O2. The van der Waals surface area contributed by atoms with Crippen molar-refractivity contribution in [1.29, 1.82) is 0 Å². The van der Waals surface area contributed by atoms with Crippen molar-refractivity contribution in [2.75, 3.05) is 0 Å². The summed E-state index contributed by atoms with van der Waals surface area (Å²) in [5.41, 5.74) is -1.16. The topological polar surface area (TPSA) is 26.3 Å². The van der Waals surface area contributed by atoms with Gasteiger partial charge in [-0.3, -0.25) is 4.79 Å². The van der Waals surface area contributed by atoms with E-state index in [4.69, 9.17) is 4.74 Å². The molecule has 0 radical (unpaired) electrons. The Balaban J connectivity index is 3.35. The van der Waals surface area contributed by atoms with Crippen LogP contribution in [0.25, 0.3) is 0 Å². The fraction of sp³-hybridized carbons (Fsp3) is 0.812. The van der Waals surface area contributed by atoms with Crippen molar-refractivity contribution in [2.45, 2.75) is 67.9 Å². The summed E-state index contributed by atoms with van der Waals surface area (Å²) in [4.78, 5) is 12.8. The molecule has 0 aromatic heterocycles. The van der Waals surface area contributed by atoms with E-state index in [9.17, 15) is 4.79 Å². The summed E-state index contributed by atoms with van der Waals surface area (Å²) in [5.74, 6) is 0.667. The van der Waals surface area contributed by atoms with Gasteiger partial charge in [-0.15, -0.1) is 0 Å². The molecule has 0 aromatic rings. The van der Waals surface area contributed by atoms with Gasteiger partial charge in [-0.2, -0.15) is 0 Å². The molecule has 1 heterocycles. The summed E-state index contributed by atoms with van der Waals surface area (Å²) in [6.45, 7) is 18.6. The highest BCUT2D eigenvalue weighted by Gasteiger charge is 2.62. The first kappa shape index (κ1) is 15.3. The minimum atomic E-state index is -0.503. The van der Waals surface area contributed by atoms with Gasteiger partial charge < -0.3 is 4.74 Å². The first-order chi connectivity index (χ1) is 7.72. The van der Waals surface area contributed by atoms with Gasteiger partial charge in [-0.1, -0.05) is 41.5 Å². The fourth-order valence-corrected chi connectivity index (χ4v) is 2.68. The molecule has 104 valence electrons. The Morgan fingerprint density at radius 1 is 1.00 bits per heavy atom. The van der Waals surface area contributed by atoms with Crippen molar-refractivity contribution in [1.82, 2.24) is 0 Å². The van der Waals surface area contributed by atoms with E-state index in [1.54, 1.807) is 0 Å². The van der Waals surface area contributed by atoms with Gasteiger partial charge in [0.25, 0.3) is 0 Å². The quantitative estimate of drug-likeness (QED) is 0.599. The molecule has 1 fully saturated rings. The standard InChI is InChI=1S/C16H28O2/c1-13(2,3)10-11-12(17)16(9,14(4,5)6)15(7,8)18-11/h10H,1-9H3/b11-10-. The molecule has 2 heteroatoms. The summed E-state index contributed by atoms with van der Waals surface area (Å²) in [5, 5.41) is 0. The summed E-state index contributed by atoms with van der Waals surface area (Å²) >= 11 is 0. The molecule has 1 unspecified atom stereocenters. The maximum atomic E-state index is 12.8. The Bertz CT molecular complexity index is 388. The van der Waals surface area contributed by atoms with Crippen molar-refractivity contribution in [3.8, 4) is 0 Å². The predicted molar refractivity (Wildman–Crippen MR) is 75.3 cm³/mol. The highest BCUT2D eigenvalue weighted by Crippen LogP contribution is 2.55. The largest absolute Gasteiger partial charge is 0.483 e. The number of ether oxygens (including phenoxy) is 1. The van der Waals surface area contributed by atoms with E-state index < -0.39 is 11.0 Å². The van der Waals surface area contributed by atoms with Crippen LogP contribution < -0.4 is 0 Å². The monoisotopic (exact) mass is 252 g/mol. The first-order valence-electron chi connectivity index (χ1n) is 6.69. The first-order valence-corrected chi connectivity index (χ1v) is 6.69. The Morgan fingerprint density at radius 3 is 1.72 bits per heavy atom. The van der Waals surface area contributed by atoms with Gasteiger partial charge in [0.15, 0.2) is 5.76 Å². The molecule has 1 aliphatic heterocycles. The number of hydrogen-bond acceptors (Lipinski definition) is 2. The average Bonchev–Trinajstić information content (AvgIpc) is 2.23. The minimum Gasteiger partial charge on any atom is -0.483 e. The molecule has 0 bridgehead atoms. The van der Waals surface area contributed by atoms with Gasteiger partial charge in [-0.25, -0.2) is 0 Å². The number of rotatable bonds is 0. The molecule has 1 atom stereocenters. The van der Waals surface area contributed by atoms with Crippen LogP contribution in [-0.2, 0) is 9.53 Å². The third-order valence-corrected chi connectivity index (χ3v) is 4.31. The second-order valence-electron chi connectivity index (χ2n) is 8.19. The van der Waals surface area contributed by atoms with Crippen molar-refractivity contribution >= 4 is 5.78 Å². The van der Waals surface area contributed by atoms with Gasteiger partial charge in [0.05, 0.1) is 5.41 Å². The Morgan fingerprint density at radius 2 is 1.44 bits per heavy atom. The third-order valence-electron chi connectivity index (χ3n) is 4.31. The average molecular weight is 252 g/mol. The van der Waals surface area contributed by atoms with E-state index >= 15 is 0 Å². The van der Waals surface area contributed by atoms with Crippen LogP contribution in [0.5, 0.6) is 0 Å². The van der Waals surface area contributed by atoms with Crippen molar-refractivity contribution < 1.29 is 9.53 Å². The van der Waals surface area contributed by atoms with Crippen LogP contribution in [0.15, 0.2) is 11.8 Å². The predicted octanol–water partition coefficient (Wildman–Crippen LogP) is 4.35. The molecule has 0 aliphatic carbocycles. The molecule has 1 rings (SSSR count). The third kappa shape index (κ3) is 2.22. The number of allylic oxidation sites excluding steroid dienone is 2. The van der Waals surface area contributed by atoms with Crippen LogP contribution in [0, 0.1) is 16.2 Å². The maximum absolute atomic E-state index is 12.8. The van der Waals surface area contributed by atoms with E-state index in [1.165, 1.54) is 0 Å². The number of Topliss-reactive ketones (excluding diaryl/α,β-unsaturated/α-hetero) is 1. The lowest BCUT2D eigenvalue weighted by atomic mass is 9.58. The SMILES string of the molecule is CC(C)(C)/C=C1\OC(C)(C)C(C)(C(C)(C)C)C1=O. The molecule has 0 saturated carbocycles. The van der Waals surface area contributed by atoms with Crippen LogP contribution in [0.3, 0.4) is 0 Å². The van der Waals surface area contributed by atoms with Gasteiger partial charge in [-0.05, 0) is 37.7 Å². The van der Waals surface area contributed by atoms with Gasteiger partial charge >= 0.3 is 0 Å². The number of carbonyl (C=O) groups excluding carboxylic acids is 1. The zero-order valence-corrected chi connectivity index (χ0v) is 13.4. The van der Waals surface area contributed by atoms with Crippen molar-refractivity contribution in [3.63, 3.8) is 0 Å². The van der Waals surface area contributed by atoms with Gasteiger partial charge in [0, 0.05) is 0 Å². The number of hydrogen-bond donors (Lipinski definition) is 0. The summed E-state index contributed by atoms with van der Waals surface area (Å²) in [6, 6.07) is 0. The highest BCUT2D eigenvalue weighted by molar-refractivity contribution is 6.01. The molecule has 18 heavy (non-hydrogen) atoms. The molecule has 1 aliphatic rings. The van der Waals surface area contributed by atoms with E-state index in [0.29, 0.717) is 5.76 Å². The lowest BCUT2D eigenvalue weighted by Crippen LogP contribution is -2.50. The summed E-state index contributed by atoms with van der Waals surface area (Å²) < 4.78 is 5.99. The molecule has 0 spiro atoms. The Hall–Kier alpha value is -0.790. The zero-order chi connectivity index (χ0) is 14.6. The van der Waals surface area contributed by atoms with E-state index in [2.05, 4.69) is 41.5 Å². The summed E-state index contributed by atoms with van der Waals surface area (Å²) in [6.07, 6.45) is 1.95. The van der Waals surface area contributed by atoms with Gasteiger partial charge in [0.2, 0.25) is 5.78 Å². The van der Waals surface area contributed by atoms with Crippen LogP contribution >= 0.6 is 0 Å². The van der Waals surface area contributed by atoms with Crippen LogP contribution in [-0.4, -0.2) is 11.4 Å². The molecule has 0 amide bonds. The zero-order valence-electron chi connectivity index (χ0n) is 13.4. The number of ketones is 1. The smallest absolute Gasteiger partial charge is 0.207 e. The molecule has 1 saturated heterocycles. The second-order valence-corrected chi connectivity index (χ2v) is 8.19. The maximum Gasteiger partial charge on any atom is 0.207 e. The Labute approximate surface area is 112 Å². The van der Waals surface area contributed by atoms with Crippen molar-refractivity contribution in [2.24, 2.45) is 16.2 Å². The van der Waals surface area contributed by atoms with Crippen LogP contribution in [0.1, 0.15) is 62.3 Å². The van der Waals surface area contributed by atoms with Crippen molar-refractivity contribution in [3.05, 3.63) is 11.8 Å². The van der Waals surface area contributed by atoms with Crippen LogP contribution in [0.4, 0.5) is 0 Å². The van der Waals surface area contributed by atoms with E-state index in [0.717, 1.165) is 0 Å². The van der Waals surface area contributed by atoms with Gasteiger partial charge in [0.1, 0.15) is 5.60 Å². The minimum absolute atomic E-state index is 0.0514. The highest BCUT2D eigenvalue weighted by atomic mass is 16.5. The van der Waals surface area contributed by atoms with E-state index in [1.807, 2.05) is 26.8 Å².